The summed E-state index contributed by atoms with van der Waals surface area (Å²) in [6.07, 6.45) is 1.33. The lowest BCUT2D eigenvalue weighted by atomic mass is 10.0. The number of ether oxygens (including phenoxy) is 1. The van der Waals surface area contributed by atoms with E-state index < -0.39 is 35.6 Å². The lowest BCUT2D eigenvalue weighted by molar-refractivity contribution is -0.149. The SMILES string of the molecule is Cc1ccc(CC(=O)OCc2cccc(NC3=CC(=O)N(C4CCC(=O)NC4=O)C3=O)c2)cc1Cl. The molecule has 2 aliphatic rings. The van der Waals surface area contributed by atoms with E-state index in [0.29, 0.717) is 16.3 Å². The Bertz CT molecular complexity index is 1270. The molecule has 0 spiro atoms. The van der Waals surface area contributed by atoms with Crippen LogP contribution in [-0.2, 0) is 41.7 Å². The predicted molar refractivity (Wildman–Crippen MR) is 126 cm³/mol. The summed E-state index contributed by atoms with van der Waals surface area (Å²) < 4.78 is 5.36. The Morgan fingerprint density at radius 2 is 1.94 bits per heavy atom. The minimum absolute atomic E-state index is 0.00472. The van der Waals surface area contributed by atoms with Crippen LogP contribution in [0.2, 0.25) is 5.02 Å². The van der Waals surface area contributed by atoms with Gasteiger partial charge in [-0.05, 0) is 48.2 Å². The molecule has 10 heteroatoms. The molecule has 9 nitrogen and oxygen atoms in total. The van der Waals surface area contributed by atoms with Crippen molar-refractivity contribution in [2.45, 2.75) is 38.8 Å². The maximum atomic E-state index is 12.8. The van der Waals surface area contributed by atoms with E-state index >= 15 is 0 Å². The first-order valence-corrected chi connectivity index (χ1v) is 11.3. The van der Waals surface area contributed by atoms with Crippen molar-refractivity contribution in [2.75, 3.05) is 5.32 Å². The quantitative estimate of drug-likeness (QED) is 0.446. The molecule has 0 bridgehead atoms. The van der Waals surface area contributed by atoms with Crippen LogP contribution in [0.25, 0.3) is 0 Å². The average molecular weight is 496 g/mol. The molecular formula is C25H22ClN3O6. The first kappa shape index (κ1) is 24.2. The number of rotatable bonds is 7. The fourth-order valence-corrected chi connectivity index (χ4v) is 4.02. The smallest absolute Gasteiger partial charge is 0.310 e. The Kier molecular flexibility index (Phi) is 6.97. The van der Waals surface area contributed by atoms with E-state index in [1.165, 1.54) is 0 Å². The Balaban J connectivity index is 1.35. The summed E-state index contributed by atoms with van der Waals surface area (Å²) in [4.78, 5) is 61.7. The normalized spacial score (nSPS) is 17.8. The fraction of sp³-hybridized carbons (Fsp3) is 0.240. The summed E-state index contributed by atoms with van der Waals surface area (Å²) in [6, 6.07) is 11.2. The van der Waals surface area contributed by atoms with Crippen molar-refractivity contribution in [3.8, 4) is 0 Å². The van der Waals surface area contributed by atoms with Crippen molar-refractivity contribution in [1.29, 1.82) is 0 Å². The molecule has 2 N–H and O–H groups in total. The third-order valence-corrected chi connectivity index (χ3v) is 6.07. The highest BCUT2D eigenvalue weighted by atomic mass is 35.5. The molecule has 180 valence electrons. The monoisotopic (exact) mass is 495 g/mol. The van der Waals surface area contributed by atoms with Gasteiger partial charge in [-0.2, -0.15) is 0 Å². The Morgan fingerprint density at radius 3 is 2.69 bits per heavy atom. The summed E-state index contributed by atoms with van der Waals surface area (Å²) in [6.45, 7) is 1.89. The second-order valence-corrected chi connectivity index (χ2v) is 8.69. The van der Waals surface area contributed by atoms with Crippen LogP contribution in [0.15, 0.2) is 54.2 Å². The first-order chi connectivity index (χ1) is 16.7. The van der Waals surface area contributed by atoms with E-state index in [-0.39, 0.29) is 31.6 Å². The topological polar surface area (TPSA) is 122 Å². The van der Waals surface area contributed by atoms with Crippen LogP contribution in [0.5, 0.6) is 0 Å². The van der Waals surface area contributed by atoms with Crippen molar-refractivity contribution in [3.05, 3.63) is 76.0 Å². The Hall–Kier alpha value is -3.98. The number of anilines is 1. The summed E-state index contributed by atoms with van der Waals surface area (Å²) >= 11 is 6.10. The zero-order valence-electron chi connectivity index (χ0n) is 18.8. The molecule has 2 aliphatic heterocycles. The summed E-state index contributed by atoms with van der Waals surface area (Å²) in [5.74, 6) is -2.81. The second kappa shape index (κ2) is 10.1. The molecule has 0 radical (unpaired) electrons. The molecule has 0 saturated carbocycles. The van der Waals surface area contributed by atoms with Crippen molar-refractivity contribution in [3.63, 3.8) is 0 Å². The number of carbonyl (C=O) groups excluding carboxylic acids is 5. The van der Waals surface area contributed by atoms with Gasteiger partial charge in [0, 0.05) is 23.2 Å². The van der Waals surface area contributed by atoms with Crippen LogP contribution in [0.3, 0.4) is 0 Å². The number of hydrogen-bond acceptors (Lipinski definition) is 7. The average Bonchev–Trinajstić information content (AvgIpc) is 3.08. The van der Waals surface area contributed by atoms with Gasteiger partial charge < -0.3 is 10.1 Å². The van der Waals surface area contributed by atoms with E-state index in [1.807, 2.05) is 19.1 Å². The number of esters is 1. The highest BCUT2D eigenvalue weighted by molar-refractivity contribution is 6.31. The third-order valence-electron chi connectivity index (χ3n) is 5.67. The van der Waals surface area contributed by atoms with Crippen molar-refractivity contribution in [1.82, 2.24) is 10.2 Å². The predicted octanol–water partition coefficient (Wildman–Crippen LogP) is 2.40. The lowest BCUT2D eigenvalue weighted by Gasteiger charge is -2.28. The molecule has 2 aromatic rings. The molecule has 1 saturated heterocycles. The molecule has 0 aromatic heterocycles. The van der Waals surface area contributed by atoms with Gasteiger partial charge in [-0.1, -0.05) is 35.9 Å². The maximum absolute atomic E-state index is 12.8. The molecule has 35 heavy (non-hydrogen) atoms. The molecular weight excluding hydrogens is 474 g/mol. The number of carbonyl (C=O) groups is 5. The van der Waals surface area contributed by atoms with Gasteiger partial charge in [-0.3, -0.25) is 34.2 Å². The summed E-state index contributed by atoms with van der Waals surface area (Å²) in [7, 11) is 0. The minimum atomic E-state index is -1.03. The van der Waals surface area contributed by atoms with E-state index in [2.05, 4.69) is 10.6 Å². The summed E-state index contributed by atoms with van der Waals surface area (Å²) in [5, 5.41) is 5.62. The van der Waals surface area contributed by atoms with Gasteiger partial charge in [0.05, 0.1) is 6.42 Å². The number of aryl methyl sites for hydroxylation is 1. The van der Waals surface area contributed by atoms with Crippen LogP contribution in [0, 0.1) is 6.92 Å². The first-order valence-electron chi connectivity index (χ1n) is 10.9. The van der Waals surface area contributed by atoms with Gasteiger partial charge in [0.1, 0.15) is 18.3 Å². The third kappa shape index (κ3) is 5.58. The van der Waals surface area contributed by atoms with E-state index in [4.69, 9.17) is 16.3 Å². The summed E-state index contributed by atoms with van der Waals surface area (Å²) in [5.41, 5.74) is 2.85. The molecule has 2 heterocycles. The molecule has 0 aliphatic carbocycles. The van der Waals surface area contributed by atoms with Crippen molar-refractivity contribution in [2.24, 2.45) is 0 Å². The Labute approximate surface area is 206 Å². The van der Waals surface area contributed by atoms with Gasteiger partial charge >= 0.3 is 5.97 Å². The van der Waals surface area contributed by atoms with Gasteiger partial charge in [0.15, 0.2) is 0 Å². The number of imide groups is 2. The van der Waals surface area contributed by atoms with Crippen molar-refractivity contribution < 1.29 is 28.7 Å². The molecule has 4 amide bonds. The minimum Gasteiger partial charge on any atom is -0.461 e. The van der Waals surface area contributed by atoms with Crippen LogP contribution >= 0.6 is 11.6 Å². The number of nitrogens with zero attached hydrogens (tertiary/aromatic N) is 1. The highest BCUT2D eigenvalue weighted by Gasteiger charge is 2.42. The lowest BCUT2D eigenvalue weighted by Crippen LogP contribution is -2.54. The standard InChI is InChI=1S/C25H22ClN3O6/c1-14-5-6-15(10-18(14)26)11-23(32)35-13-16-3-2-4-17(9-16)27-19-12-22(31)29(25(19)34)20-7-8-21(30)28-24(20)33/h2-6,9-10,12,20,27H,7-8,11,13H2,1H3,(H,28,30,33). The fourth-order valence-electron chi connectivity index (χ4n) is 3.82. The number of nitrogens with one attached hydrogen (secondary N) is 2. The van der Waals surface area contributed by atoms with Crippen LogP contribution in [0.1, 0.15) is 29.5 Å². The largest absolute Gasteiger partial charge is 0.461 e. The highest BCUT2D eigenvalue weighted by Crippen LogP contribution is 2.23. The molecule has 1 unspecified atom stereocenters. The number of halogens is 1. The van der Waals surface area contributed by atoms with E-state index in [9.17, 15) is 24.0 Å². The van der Waals surface area contributed by atoms with Gasteiger partial charge in [0.2, 0.25) is 11.8 Å². The van der Waals surface area contributed by atoms with Crippen LogP contribution in [-0.4, -0.2) is 40.5 Å². The van der Waals surface area contributed by atoms with Gasteiger partial charge in [-0.25, -0.2) is 0 Å². The van der Waals surface area contributed by atoms with E-state index in [0.717, 1.165) is 22.1 Å². The zero-order valence-corrected chi connectivity index (χ0v) is 19.6. The number of hydrogen-bond donors (Lipinski definition) is 2. The van der Waals surface area contributed by atoms with E-state index in [1.54, 1.807) is 30.3 Å². The van der Waals surface area contributed by atoms with Crippen LogP contribution < -0.4 is 10.6 Å². The molecule has 1 fully saturated rings. The molecule has 1 atom stereocenters. The van der Waals surface area contributed by atoms with Crippen molar-refractivity contribution >= 4 is 46.9 Å². The maximum Gasteiger partial charge on any atom is 0.310 e. The van der Waals surface area contributed by atoms with Gasteiger partial charge in [0.25, 0.3) is 11.8 Å². The second-order valence-electron chi connectivity index (χ2n) is 8.28. The van der Waals surface area contributed by atoms with Crippen LogP contribution in [0.4, 0.5) is 5.69 Å². The van der Waals surface area contributed by atoms with Gasteiger partial charge in [-0.15, -0.1) is 0 Å². The number of benzene rings is 2. The zero-order chi connectivity index (χ0) is 25.1. The Morgan fingerprint density at radius 1 is 1.14 bits per heavy atom. The number of amides is 4. The molecule has 2 aromatic carbocycles. The molecule has 4 rings (SSSR count). The number of piperidine rings is 1.